The molecule has 0 aliphatic rings. The molecule has 0 aliphatic heterocycles. The minimum atomic E-state index is -0.822. The number of nitrogens with two attached hydrogens (primary N) is 1. The Balaban J connectivity index is 0.000000326. The van der Waals surface area contributed by atoms with Gasteiger partial charge in [-0.05, 0) is 33.0 Å². The summed E-state index contributed by atoms with van der Waals surface area (Å²) in [7, 11) is 3.52. The lowest BCUT2D eigenvalue weighted by atomic mass is 10.1. The molecule has 0 bridgehead atoms. The van der Waals surface area contributed by atoms with Gasteiger partial charge in [0.2, 0.25) is 0 Å². The quantitative estimate of drug-likeness (QED) is 0.655. The van der Waals surface area contributed by atoms with Gasteiger partial charge in [0.25, 0.3) is 5.91 Å². The molecule has 0 aliphatic carbocycles. The summed E-state index contributed by atoms with van der Waals surface area (Å²) in [6.07, 6.45) is 0. The number of nitrogens with one attached hydrogen (secondary N) is 1. The Kier molecular flexibility index (Phi) is 5.33. The number of benzene rings is 1. The second kappa shape index (κ2) is 7.27. The number of fused-ring (bicyclic) bond motifs is 3. The third kappa shape index (κ3) is 3.74. The van der Waals surface area contributed by atoms with Gasteiger partial charge in [-0.15, -0.1) is 0 Å². The average Bonchev–Trinajstić information content (AvgIpc) is 2.82. The predicted octanol–water partition coefficient (Wildman–Crippen LogP) is 1.13. The molecule has 0 unspecified atom stereocenters. The monoisotopic (exact) mass is 343 g/mol. The Morgan fingerprint density at radius 2 is 1.96 bits per heavy atom. The number of aromatic nitrogens is 3. The minimum Gasteiger partial charge on any atom is -0.480 e. The smallest absolute Gasteiger partial charge is 0.317 e. The fourth-order valence-electron chi connectivity index (χ4n) is 2.52. The Labute approximate surface area is 144 Å². The van der Waals surface area contributed by atoms with Crippen LogP contribution in [0.4, 0.5) is 0 Å². The van der Waals surface area contributed by atoms with E-state index in [1.807, 2.05) is 37.6 Å². The predicted molar refractivity (Wildman–Crippen MR) is 95.6 cm³/mol. The summed E-state index contributed by atoms with van der Waals surface area (Å²) in [6, 6.07) is 5.92. The SMILES string of the molecule is CNCC(=O)O.Cc1ccc2nc(C(N)=O)c3nc(C)n(C)c3c2c1. The molecule has 0 spiro atoms. The zero-order valence-corrected chi connectivity index (χ0v) is 14.6. The molecule has 0 saturated heterocycles. The molecule has 1 aromatic carbocycles. The number of aliphatic carboxylic acids is 1. The van der Waals surface area contributed by atoms with Crippen LogP contribution in [0.3, 0.4) is 0 Å². The van der Waals surface area contributed by atoms with Crippen molar-refractivity contribution in [1.29, 1.82) is 0 Å². The molecule has 4 N–H and O–H groups in total. The van der Waals surface area contributed by atoms with Crippen LogP contribution in [-0.2, 0) is 11.8 Å². The molecule has 8 nitrogen and oxygen atoms in total. The first kappa shape index (κ1) is 18.3. The molecule has 0 atom stereocenters. The molecule has 1 amide bonds. The number of imidazole rings is 1. The van der Waals surface area contributed by atoms with E-state index < -0.39 is 11.9 Å². The van der Waals surface area contributed by atoms with E-state index in [2.05, 4.69) is 21.4 Å². The standard InChI is InChI=1S/C14H14N4O.C3H7NO2/c1-7-4-5-10-9(6-7)13-11(12(17-10)14(15)19)16-8(2)18(13)3;1-4-2-3(5)6/h4-6H,1-3H3,(H2,15,19);4H,2H2,1H3,(H,5,6). The molecule has 25 heavy (non-hydrogen) atoms. The number of amides is 1. The van der Waals surface area contributed by atoms with Gasteiger partial charge in [-0.1, -0.05) is 11.6 Å². The molecule has 132 valence electrons. The zero-order chi connectivity index (χ0) is 18.7. The lowest BCUT2D eigenvalue weighted by Gasteiger charge is -2.05. The van der Waals surface area contributed by atoms with Crippen LogP contribution in [0.15, 0.2) is 18.2 Å². The highest BCUT2D eigenvalue weighted by Gasteiger charge is 2.17. The number of carboxylic acid groups (broad SMARTS) is 1. The number of primary amides is 1. The molecule has 2 aromatic heterocycles. The molecule has 3 rings (SSSR count). The Hall–Kier alpha value is -3.00. The van der Waals surface area contributed by atoms with Crippen molar-refractivity contribution < 1.29 is 14.7 Å². The fraction of sp³-hybridized carbons (Fsp3) is 0.294. The Morgan fingerprint density at radius 3 is 2.48 bits per heavy atom. The van der Waals surface area contributed by atoms with Crippen molar-refractivity contribution >= 4 is 33.8 Å². The number of hydrogen-bond acceptors (Lipinski definition) is 5. The van der Waals surface area contributed by atoms with E-state index in [0.29, 0.717) is 5.52 Å². The summed E-state index contributed by atoms with van der Waals surface area (Å²) in [5.41, 5.74) is 9.02. The minimum absolute atomic E-state index is 0.0417. The summed E-state index contributed by atoms with van der Waals surface area (Å²) >= 11 is 0. The van der Waals surface area contributed by atoms with Crippen molar-refractivity contribution in [3.05, 3.63) is 35.3 Å². The van der Waals surface area contributed by atoms with Gasteiger partial charge in [-0.25, -0.2) is 9.97 Å². The molecular formula is C17H21N5O3. The van der Waals surface area contributed by atoms with Crippen LogP contribution in [0, 0.1) is 13.8 Å². The highest BCUT2D eigenvalue weighted by atomic mass is 16.4. The van der Waals surface area contributed by atoms with Crippen molar-refractivity contribution in [2.75, 3.05) is 13.6 Å². The van der Waals surface area contributed by atoms with Crippen molar-refractivity contribution in [3.8, 4) is 0 Å². The number of carbonyl (C=O) groups excluding carboxylic acids is 1. The van der Waals surface area contributed by atoms with Crippen LogP contribution in [0.25, 0.3) is 21.9 Å². The maximum atomic E-state index is 11.6. The first-order valence-corrected chi connectivity index (χ1v) is 7.65. The number of aryl methyl sites for hydroxylation is 3. The number of hydrogen-bond donors (Lipinski definition) is 3. The van der Waals surface area contributed by atoms with E-state index in [1.54, 1.807) is 7.05 Å². The molecule has 0 radical (unpaired) electrons. The summed E-state index contributed by atoms with van der Waals surface area (Å²) in [4.78, 5) is 29.9. The largest absolute Gasteiger partial charge is 0.480 e. The van der Waals surface area contributed by atoms with Crippen LogP contribution >= 0.6 is 0 Å². The summed E-state index contributed by atoms with van der Waals surface area (Å²) in [5, 5.41) is 11.3. The summed E-state index contributed by atoms with van der Waals surface area (Å²) in [5.74, 6) is -0.545. The van der Waals surface area contributed by atoms with E-state index in [4.69, 9.17) is 10.8 Å². The van der Waals surface area contributed by atoms with Crippen LogP contribution in [0.5, 0.6) is 0 Å². The van der Waals surface area contributed by atoms with E-state index in [0.717, 1.165) is 27.8 Å². The topological polar surface area (TPSA) is 123 Å². The second-order valence-electron chi connectivity index (χ2n) is 5.68. The average molecular weight is 343 g/mol. The van der Waals surface area contributed by atoms with Crippen LogP contribution in [-0.4, -0.2) is 45.1 Å². The van der Waals surface area contributed by atoms with Crippen LogP contribution in [0.1, 0.15) is 21.9 Å². The van der Waals surface area contributed by atoms with Crippen LogP contribution < -0.4 is 11.1 Å². The molecule has 0 saturated carbocycles. The number of carbonyl (C=O) groups is 2. The normalized spacial score (nSPS) is 10.6. The van der Waals surface area contributed by atoms with Crippen molar-refractivity contribution in [2.24, 2.45) is 12.8 Å². The molecule has 8 heteroatoms. The van der Waals surface area contributed by atoms with Crippen molar-refractivity contribution in [1.82, 2.24) is 19.9 Å². The number of nitrogens with zero attached hydrogens (tertiary/aromatic N) is 3. The van der Waals surface area contributed by atoms with Crippen molar-refractivity contribution in [2.45, 2.75) is 13.8 Å². The second-order valence-corrected chi connectivity index (χ2v) is 5.68. The maximum Gasteiger partial charge on any atom is 0.317 e. The molecule has 2 heterocycles. The van der Waals surface area contributed by atoms with Gasteiger partial charge in [-0.3, -0.25) is 9.59 Å². The van der Waals surface area contributed by atoms with Crippen molar-refractivity contribution in [3.63, 3.8) is 0 Å². The Bertz CT molecular complexity index is 962. The highest BCUT2D eigenvalue weighted by Crippen LogP contribution is 2.27. The Morgan fingerprint density at radius 1 is 1.28 bits per heavy atom. The van der Waals surface area contributed by atoms with Gasteiger partial charge in [0.1, 0.15) is 11.3 Å². The van der Waals surface area contributed by atoms with Gasteiger partial charge in [-0.2, -0.15) is 0 Å². The van der Waals surface area contributed by atoms with E-state index in [9.17, 15) is 9.59 Å². The number of rotatable bonds is 3. The van der Waals surface area contributed by atoms with Gasteiger partial charge in [0.15, 0.2) is 5.69 Å². The summed E-state index contributed by atoms with van der Waals surface area (Å²) < 4.78 is 1.96. The number of carboxylic acids is 1. The number of pyridine rings is 1. The van der Waals surface area contributed by atoms with E-state index >= 15 is 0 Å². The lowest BCUT2D eigenvalue weighted by Crippen LogP contribution is -2.16. The van der Waals surface area contributed by atoms with Crippen LogP contribution in [0.2, 0.25) is 0 Å². The molecule has 0 fully saturated rings. The van der Waals surface area contributed by atoms with Gasteiger partial charge in [0, 0.05) is 12.4 Å². The molecule has 3 aromatic rings. The fourth-order valence-corrected chi connectivity index (χ4v) is 2.52. The highest BCUT2D eigenvalue weighted by molar-refractivity contribution is 6.11. The van der Waals surface area contributed by atoms with Gasteiger partial charge in [0.05, 0.1) is 17.6 Å². The first-order valence-electron chi connectivity index (χ1n) is 7.65. The third-order valence-electron chi connectivity index (χ3n) is 3.74. The third-order valence-corrected chi connectivity index (χ3v) is 3.74. The first-order chi connectivity index (χ1) is 11.8. The van der Waals surface area contributed by atoms with Gasteiger partial charge >= 0.3 is 5.97 Å². The number of likely N-dealkylation sites (N-methyl/N-ethyl adjacent to an activating group) is 1. The zero-order valence-electron chi connectivity index (χ0n) is 14.6. The van der Waals surface area contributed by atoms with E-state index in [1.165, 1.54) is 0 Å². The van der Waals surface area contributed by atoms with E-state index in [-0.39, 0.29) is 12.2 Å². The molecular weight excluding hydrogens is 322 g/mol. The maximum absolute atomic E-state index is 11.6. The summed E-state index contributed by atoms with van der Waals surface area (Å²) in [6.45, 7) is 3.96. The lowest BCUT2D eigenvalue weighted by molar-refractivity contribution is -0.135. The van der Waals surface area contributed by atoms with Gasteiger partial charge < -0.3 is 20.7 Å².